The summed E-state index contributed by atoms with van der Waals surface area (Å²) in [5.74, 6) is 3.08. The van der Waals surface area contributed by atoms with Gasteiger partial charge in [-0.05, 0) is 5.56 Å². The summed E-state index contributed by atoms with van der Waals surface area (Å²) in [4.78, 5) is 4.28. The molecule has 0 aliphatic carbocycles. The van der Waals surface area contributed by atoms with Crippen LogP contribution in [-0.4, -0.2) is 12.3 Å². The SMILES string of the molecule is C#CCN=C1C(=C)OCc2ccccc21. The van der Waals surface area contributed by atoms with Crippen LogP contribution in [0.5, 0.6) is 0 Å². The van der Waals surface area contributed by atoms with Crippen LogP contribution in [-0.2, 0) is 11.3 Å². The summed E-state index contributed by atoms with van der Waals surface area (Å²) >= 11 is 0. The number of hydrogen-bond acceptors (Lipinski definition) is 2. The molecule has 2 rings (SSSR count). The van der Waals surface area contributed by atoms with Crippen molar-refractivity contribution in [2.75, 3.05) is 6.54 Å². The molecule has 0 amide bonds. The van der Waals surface area contributed by atoms with Gasteiger partial charge in [0.15, 0.2) is 0 Å². The Labute approximate surface area is 89.3 Å². The monoisotopic (exact) mass is 197 g/mol. The predicted molar refractivity (Wildman–Crippen MR) is 60.6 cm³/mol. The molecule has 74 valence electrons. The molecule has 15 heavy (non-hydrogen) atoms. The maximum Gasteiger partial charge on any atom is 0.138 e. The Hall–Kier alpha value is -2.01. The third-order valence-corrected chi connectivity index (χ3v) is 2.27. The van der Waals surface area contributed by atoms with Crippen molar-refractivity contribution in [3.05, 3.63) is 47.7 Å². The molecule has 0 radical (unpaired) electrons. The summed E-state index contributed by atoms with van der Waals surface area (Å²) in [6, 6.07) is 7.99. The van der Waals surface area contributed by atoms with Gasteiger partial charge >= 0.3 is 0 Å². The maximum absolute atomic E-state index is 5.42. The number of allylic oxidation sites excluding steroid dienone is 1. The van der Waals surface area contributed by atoms with Crippen molar-refractivity contribution in [2.45, 2.75) is 6.61 Å². The van der Waals surface area contributed by atoms with Gasteiger partial charge in [-0.15, -0.1) is 6.42 Å². The summed E-state index contributed by atoms with van der Waals surface area (Å²) in [6.07, 6.45) is 5.18. The van der Waals surface area contributed by atoms with Gasteiger partial charge in [-0.2, -0.15) is 0 Å². The summed E-state index contributed by atoms with van der Waals surface area (Å²) in [5, 5.41) is 0. The van der Waals surface area contributed by atoms with Crippen LogP contribution in [0.3, 0.4) is 0 Å². The first kappa shape index (κ1) is 9.54. The van der Waals surface area contributed by atoms with Gasteiger partial charge in [0.05, 0.1) is 0 Å². The van der Waals surface area contributed by atoms with Crippen molar-refractivity contribution in [2.24, 2.45) is 4.99 Å². The van der Waals surface area contributed by atoms with E-state index in [4.69, 9.17) is 11.2 Å². The Morgan fingerprint density at radius 3 is 3.07 bits per heavy atom. The molecule has 1 aromatic rings. The van der Waals surface area contributed by atoms with Crippen LogP contribution in [0, 0.1) is 12.3 Å². The highest BCUT2D eigenvalue weighted by Gasteiger charge is 2.18. The standard InChI is InChI=1S/C13H11NO/c1-3-8-14-13-10(2)15-9-11-6-4-5-7-12(11)13/h1,4-7H,2,8-9H2. The third kappa shape index (κ3) is 1.77. The molecular formula is C13H11NO. The molecule has 1 heterocycles. The van der Waals surface area contributed by atoms with E-state index >= 15 is 0 Å². The number of hydrogen-bond donors (Lipinski definition) is 0. The van der Waals surface area contributed by atoms with Crippen LogP contribution in [0.25, 0.3) is 0 Å². The Kier molecular flexibility index (Phi) is 2.55. The lowest BCUT2D eigenvalue weighted by Crippen LogP contribution is -2.16. The van der Waals surface area contributed by atoms with Crippen molar-refractivity contribution in [3.63, 3.8) is 0 Å². The van der Waals surface area contributed by atoms with E-state index in [0.717, 1.165) is 16.8 Å². The van der Waals surface area contributed by atoms with Crippen molar-refractivity contribution >= 4 is 5.71 Å². The second kappa shape index (κ2) is 4.02. The molecule has 0 spiro atoms. The zero-order chi connectivity index (χ0) is 10.7. The third-order valence-electron chi connectivity index (χ3n) is 2.27. The van der Waals surface area contributed by atoms with Crippen molar-refractivity contribution in [3.8, 4) is 12.3 Å². The molecule has 0 aromatic heterocycles. The fourth-order valence-corrected chi connectivity index (χ4v) is 1.56. The molecule has 0 atom stereocenters. The van der Waals surface area contributed by atoms with E-state index < -0.39 is 0 Å². The molecule has 0 unspecified atom stereocenters. The zero-order valence-electron chi connectivity index (χ0n) is 8.36. The van der Waals surface area contributed by atoms with Gasteiger partial charge in [-0.25, -0.2) is 0 Å². The van der Waals surface area contributed by atoms with Gasteiger partial charge in [0.25, 0.3) is 0 Å². The van der Waals surface area contributed by atoms with E-state index in [9.17, 15) is 0 Å². The summed E-state index contributed by atoms with van der Waals surface area (Å²) < 4.78 is 5.42. The molecule has 2 heteroatoms. The van der Waals surface area contributed by atoms with Crippen LogP contribution in [0.15, 0.2) is 41.6 Å². The van der Waals surface area contributed by atoms with Crippen LogP contribution < -0.4 is 0 Å². The minimum Gasteiger partial charge on any atom is -0.487 e. The number of terminal acetylenes is 1. The van der Waals surface area contributed by atoms with E-state index in [1.54, 1.807) is 0 Å². The number of fused-ring (bicyclic) bond motifs is 1. The molecule has 2 nitrogen and oxygen atoms in total. The molecule has 1 aromatic carbocycles. The van der Waals surface area contributed by atoms with Gasteiger partial charge < -0.3 is 4.74 Å². The van der Waals surface area contributed by atoms with E-state index in [-0.39, 0.29) is 0 Å². The number of benzene rings is 1. The minimum absolute atomic E-state index is 0.353. The molecule has 0 fully saturated rings. The lowest BCUT2D eigenvalue weighted by molar-refractivity contribution is 0.213. The van der Waals surface area contributed by atoms with Crippen molar-refractivity contribution in [1.29, 1.82) is 0 Å². The van der Waals surface area contributed by atoms with Crippen LogP contribution in [0.4, 0.5) is 0 Å². The molecule has 1 aliphatic rings. The fourth-order valence-electron chi connectivity index (χ4n) is 1.56. The highest BCUT2D eigenvalue weighted by molar-refractivity contribution is 6.12. The van der Waals surface area contributed by atoms with Crippen LogP contribution in [0.1, 0.15) is 11.1 Å². The Morgan fingerprint density at radius 2 is 2.27 bits per heavy atom. The molecule has 0 saturated heterocycles. The first-order valence-electron chi connectivity index (χ1n) is 4.71. The Bertz CT molecular complexity index is 466. The first-order valence-corrected chi connectivity index (χ1v) is 4.71. The number of aliphatic imine (C=N–C) groups is 1. The number of nitrogens with zero attached hydrogens (tertiary/aromatic N) is 1. The lowest BCUT2D eigenvalue weighted by Gasteiger charge is -2.20. The number of ether oxygens (including phenoxy) is 1. The number of rotatable bonds is 1. The highest BCUT2D eigenvalue weighted by Crippen LogP contribution is 2.22. The molecule has 0 saturated carbocycles. The fraction of sp³-hybridized carbons (Fsp3) is 0.154. The lowest BCUT2D eigenvalue weighted by atomic mass is 10.0. The Morgan fingerprint density at radius 1 is 1.47 bits per heavy atom. The van der Waals surface area contributed by atoms with Crippen LogP contribution >= 0.6 is 0 Å². The van der Waals surface area contributed by atoms with Crippen LogP contribution in [0.2, 0.25) is 0 Å². The van der Waals surface area contributed by atoms with Crippen molar-refractivity contribution < 1.29 is 4.74 Å². The van der Waals surface area contributed by atoms with E-state index in [0.29, 0.717) is 18.9 Å². The summed E-state index contributed by atoms with van der Waals surface area (Å²) in [6.45, 7) is 4.74. The van der Waals surface area contributed by atoms with Crippen molar-refractivity contribution in [1.82, 2.24) is 0 Å². The smallest absolute Gasteiger partial charge is 0.138 e. The van der Waals surface area contributed by atoms with Gasteiger partial charge in [0.1, 0.15) is 24.6 Å². The largest absolute Gasteiger partial charge is 0.487 e. The van der Waals surface area contributed by atoms with E-state index in [1.165, 1.54) is 0 Å². The molecule has 1 aliphatic heterocycles. The summed E-state index contributed by atoms with van der Waals surface area (Å²) in [5.41, 5.74) is 2.97. The molecule has 0 bridgehead atoms. The van der Waals surface area contributed by atoms with Gasteiger partial charge in [0.2, 0.25) is 0 Å². The zero-order valence-corrected chi connectivity index (χ0v) is 8.36. The topological polar surface area (TPSA) is 21.6 Å². The predicted octanol–water partition coefficient (Wildman–Crippen LogP) is 2.15. The average molecular weight is 197 g/mol. The van der Waals surface area contributed by atoms with Gasteiger partial charge in [-0.3, -0.25) is 4.99 Å². The normalized spacial score (nSPS) is 16.7. The van der Waals surface area contributed by atoms with Gasteiger partial charge in [0, 0.05) is 5.56 Å². The summed E-state index contributed by atoms with van der Waals surface area (Å²) in [7, 11) is 0. The van der Waals surface area contributed by atoms with E-state index in [2.05, 4.69) is 17.5 Å². The molecule has 0 N–H and O–H groups in total. The van der Waals surface area contributed by atoms with E-state index in [1.807, 2.05) is 24.3 Å². The highest BCUT2D eigenvalue weighted by atomic mass is 16.5. The second-order valence-corrected chi connectivity index (χ2v) is 3.24. The quantitative estimate of drug-likeness (QED) is 0.632. The van der Waals surface area contributed by atoms with Gasteiger partial charge in [-0.1, -0.05) is 36.8 Å². The Balaban J connectivity index is 2.47. The molecular weight excluding hydrogens is 186 g/mol. The maximum atomic E-state index is 5.42. The second-order valence-electron chi connectivity index (χ2n) is 3.24. The first-order chi connectivity index (χ1) is 7.33. The minimum atomic E-state index is 0.353. The average Bonchev–Trinajstić information content (AvgIpc) is 2.28.